The number of hydrogen-bond acceptors (Lipinski definition) is 4. The summed E-state index contributed by atoms with van der Waals surface area (Å²) in [5.74, 6) is -0.295. The first kappa shape index (κ1) is 14.2. The summed E-state index contributed by atoms with van der Waals surface area (Å²) in [6.07, 6.45) is 6.41. The number of rotatable bonds is 2. The molecule has 5 nitrogen and oxygen atoms in total. The Hall–Kier alpha value is -1.43. The minimum absolute atomic E-state index is 0.0117. The number of aromatic nitrogens is 3. The van der Waals surface area contributed by atoms with E-state index in [9.17, 15) is 0 Å². The number of ether oxygens (including phenoxy) is 2. The molecule has 2 fully saturated rings. The number of hydrogen-bond donors (Lipinski definition) is 0. The van der Waals surface area contributed by atoms with Gasteiger partial charge in [0.2, 0.25) is 0 Å². The molecule has 4 atom stereocenters. The number of fused-ring (bicyclic) bond motifs is 2. The molecule has 22 heavy (non-hydrogen) atoms. The fourth-order valence-corrected chi connectivity index (χ4v) is 3.89. The Morgan fingerprint density at radius 1 is 1.36 bits per heavy atom. The summed E-state index contributed by atoms with van der Waals surface area (Å²) < 4.78 is 14.4. The third-order valence-electron chi connectivity index (χ3n) is 4.60. The van der Waals surface area contributed by atoms with Crippen molar-refractivity contribution in [1.82, 2.24) is 14.5 Å². The zero-order valence-electron chi connectivity index (χ0n) is 12.6. The van der Waals surface area contributed by atoms with Crippen molar-refractivity contribution in [1.29, 1.82) is 0 Å². The van der Waals surface area contributed by atoms with Crippen LogP contribution in [0.5, 0.6) is 0 Å². The zero-order valence-corrected chi connectivity index (χ0v) is 13.3. The maximum Gasteiger partial charge on any atom is 0.163 e. The predicted octanol–water partition coefficient (Wildman–Crippen LogP) is 3.35. The van der Waals surface area contributed by atoms with Gasteiger partial charge in [0.1, 0.15) is 23.2 Å². The monoisotopic (exact) mass is 319 g/mol. The summed E-state index contributed by atoms with van der Waals surface area (Å²) in [6.45, 7) is 7.86. The molecule has 3 heterocycles. The van der Waals surface area contributed by atoms with Gasteiger partial charge in [0.15, 0.2) is 5.79 Å². The molecule has 1 saturated carbocycles. The summed E-state index contributed by atoms with van der Waals surface area (Å²) in [6, 6.07) is 2.10. The molecule has 0 spiro atoms. The van der Waals surface area contributed by atoms with Gasteiger partial charge in [-0.3, -0.25) is 0 Å². The third kappa shape index (κ3) is 2.00. The van der Waals surface area contributed by atoms with Crippen molar-refractivity contribution in [2.45, 2.75) is 44.3 Å². The summed E-state index contributed by atoms with van der Waals surface area (Å²) in [5.41, 5.74) is 0.835. The van der Waals surface area contributed by atoms with Gasteiger partial charge in [0.05, 0.1) is 17.5 Å². The van der Waals surface area contributed by atoms with Gasteiger partial charge in [0, 0.05) is 12.1 Å². The Bertz CT molecular complexity index is 742. The Kier molecular flexibility index (Phi) is 3.08. The quantitative estimate of drug-likeness (QED) is 0.629. The van der Waals surface area contributed by atoms with Crippen molar-refractivity contribution < 1.29 is 9.47 Å². The normalized spacial score (nSPS) is 33.2. The average Bonchev–Trinajstić information content (AvgIpc) is 3.10. The van der Waals surface area contributed by atoms with Crippen LogP contribution in [0.1, 0.15) is 26.3 Å². The lowest BCUT2D eigenvalue weighted by molar-refractivity contribution is -0.158. The Morgan fingerprint density at radius 3 is 2.91 bits per heavy atom. The molecule has 116 valence electrons. The van der Waals surface area contributed by atoms with Crippen molar-refractivity contribution in [2.75, 3.05) is 0 Å². The van der Waals surface area contributed by atoms with Crippen molar-refractivity contribution in [3.8, 4) is 0 Å². The van der Waals surface area contributed by atoms with E-state index in [1.165, 1.54) is 6.33 Å². The second-order valence-electron chi connectivity index (χ2n) is 6.39. The van der Waals surface area contributed by atoms with E-state index in [0.717, 1.165) is 17.5 Å². The van der Waals surface area contributed by atoms with E-state index in [1.807, 2.05) is 32.2 Å². The van der Waals surface area contributed by atoms with Crippen LogP contribution in [0.3, 0.4) is 0 Å². The largest absolute Gasteiger partial charge is 0.344 e. The lowest BCUT2D eigenvalue weighted by Crippen LogP contribution is -2.27. The van der Waals surface area contributed by atoms with Gasteiger partial charge >= 0.3 is 0 Å². The summed E-state index contributed by atoms with van der Waals surface area (Å²) in [4.78, 5) is 8.43. The predicted molar refractivity (Wildman–Crippen MR) is 83.7 cm³/mol. The number of nitrogens with zero attached hydrogens (tertiary/aromatic N) is 3. The van der Waals surface area contributed by atoms with E-state index < -0.39 is 5.79 Å². The molecule has 6 heteroatoms. The van der Waals surface area contributed by atoms with Crippen LogP contribution in [0.25, 0.3) is 11.0 Å². The first-order valence-corrected chi connectivity index (χ1v) is 7.83. The summed E-state index contributed by atoms with van der Waals surface area (Å²) in [7, 11) is 0. The molecule has 0 bridgehead atoms. The van der Waals surface area contributed by atoms with E-state index >= 15 is 0 Å². The lowest BCUT2D eigenvalue weighted by atomic mass is 10.1. The minimum Gasteiger partial charge on any atom is -0.344 e. The molecule has 0 N–H and O–H groups in total. The average molecular weight is 320 g/mol. The van der Waals surface area contributed by atoms with Crippen molar-refractivity contribution in [2.24, 2.45) is 5.92 Å². The first-order valence-electron chi connectivity index (χ1n) is 7.45. The molecule has 1 aliphatic heterocycles. The van der Waals surface area contributed by atoms with Gasteiger partial charge in [-0.15, -0.1) is 6.58 Å². The molecular weight excluding hydrogens is 302 g/mol. The Morgan fingerprint density at radius 2 is 2.14 bits per heavy atom. The van der Waals surface area contributed by atoms with Gasteiger partial charge in [-0.25, -0.2) is 9.97 Å². The van der Waals surface area contributed by atoms with E-state index in [4.69, 9.17) is 21.1 Å². The fraction of sp³-hybridized carbons (Fsp3) is 0.500. The van der Waals surface area contributed by atoms with Gasteiger partial charge < -0.3 is 14.0 Å². The molecule has 0 radical (unpaired) electrons. The fourth-order valence-electron chi connectivity index (χ4n) is 3.70. The van der Waals surface area contributed by atoms with Crippen LogP contribution in [0.4, 0.5) is 0 Å². The minimum atomic E-state index is -0.565. The summed E-state index contributed by atoms with van der Waals surface area (Å²) >= 11 is 6.15. The molecule has 2 aromatic heterocycles. The van der Waals surface area contributed by atoms with E-state index in [2.05, 4.69) is 21.1 Å². The van der Waals surface area contributed by atoms with Crippen LogP contribution in [-0.4, -0.2) is 32.5 Å². The van der Waals surface area contributed by atoms with Crippen molar-refractivity contribution in [3.05, 3.63) is 36.4 Å². The van der Waals surface area contributed by atoms with Crippen LogP contribution in [0.15, 0.2) is 31.2 Å². The lowest BCUT2D eigenvalue weighted by Gasteiger charge is -2.24. The van der Waals surface area contributed by atoms with E-state index in [0.29, 0.717) is 5.15 Å². The Labute approximate surface area is 133 Å². The molecule has 0 aromatic carbocycles. The van der Waals surface area contributed by atoms with Crippen LogP contribution in [0, 0.1) is 5.92 Å². The highest BCUT2D eigenvalue weighted by molar-refractivity contribution is 6.33. The van der Waals surface area contributed by atoms with Gasteiger partial charge in [-0.2, -0.15) is 0 Å². The summed E-state index contributed by atoms with van der Waals surface area (Å²) in [5, 5.41) is 1.34. The maximum atomic E-state index is 6.15. The van der Waals surface area contributed by atoms with Crippen LogP contribution >= 0.6 is 11.6 Å². The third-order valence-corrected chi connectivity index (χ3v) is 4.90. The maximum absolute atomic E-state index is 6.15. The molecule has 1 saturated heterocycles. The Balaban J connectivity index is 1.78. The second kappa shape index (κ2) is 4.78. The highest BCUT2D eigenvalue weighted by Gasteiger charge is 2.53. The second-order valence-corrected chi connectivity index (χ2v) is 6.75. The van der Waals surface area contributed by atoms with Gasteiger partial charge in [-0.05, 0) is 26.3 Å². The first-order chi connectivity index (χ1) is 10.5. The molecule has 2 aliphatic rings. The van der Waals surface area contributed by atoms with Crippen LogP contribution in [0.2, 0.25) is 5.15 Å². The zero-order chi connectivity index (χ0) is 15.5. The molecule has 1 aliphatic carbocycles. The van der Waals surface area contributed by atoms with Gasteiger partial charge in [0.25, 0.3) is 0 Å². The van der Waals surface area contributed by atoms with Crippen molar-refractivity contribution >= 4 is 22.6 Å². The molecule has 0 unspecified atom stereocenters. The SMILES string of the molecule is C=C[C@H]1C[C@@H](n2ccc3c(Cl)ncnc32)[C@@H]2OC(C)(C)O[C@@H]21. The van der Waals surface area contributed by atoms with E-state index in [1.54, 1.807) is 0 Å². The molecule has 4 rings (SSSR count). The molecule has 0 amide bonds. The van der Waals surface area contributed by atoms with E-state index in [-0.39, 0.29) is 24.2 Å². The van der Waals surface area contributed by atoms with Crippen LogP contribution in [-0.2, 0) is 9.47 Å². The highest BCUT2D eigenvalue weighted by atomic mass is 35.5. The molecular formula is C16H18ClN3O2. The topological polar surface area (TPSA) is 49.2 Å². The highest BCUT2D eigenvalue weighted by Crippen LogP contribution is 2.48. The smallest absolute Gasteiger partial charge is 0.163 e. The number of halogens is 1. The van der Waals surface area contributed by atoms with Gasteiger partial charge in [-0.1, -0.05) is 17.7 Å². The van der Waals surface area contributed by atoms with Crippen LogP contribution < -0.4 is 0 Å². The van der Waals surface area contributed by atoms with Crippen molar-refractivity contribution in [3.63, 3.8) is 0 Å². The molecule has 2 aromatic rings. The standard InChI is InChI=1S/C16H18ClN3O2/c1-4-9-7-11(13-12(9)21-16(2,3)22-13)20-6-5-10-14(17)18-8-19-15(10)20/h4-6,8-9,11-13H,1,7H2,2-3H3/t9-,11+,12+,13-/m0/s1.